The highest BCUT2D eigenvalue weighted by Gasteiger charge is 2.30. The van der Waals surface area contributed by atoms with Crippen molar-refractivity contribution in [2.75, 3.05) is 6.54 Å². The van der Waals surface area contributed by atoms with Gasteiger partial charge in [0.2, 0.25) is 0 Å². The van der Waals surface area contributed by atoms with Crippen molar-refractivity contribution in [3.8, 4) is 0 Å². The SMILES string of the molecule is CCNC(C=C(C)C)c1ccc(C(F)(F)F)cc1. The first kappa shape index (κ1) is 14.8. The number of halogens is 3. The zero-order valence-corrected chi connectivity index (χ0v) is 10.8. The van der Waals surface area contributed by atoms with E-state index in [1.807, 2.05) is 26.8 Å². The van der Waals surface area contributed by atoms with Gasteiger partial charge < -0.3 is 5.32 Å². The van der Waals surface area contributed by atoms with Crippen LogP contribution in [0.4, 0.5) is 13.2 Å². The van der Waals surface area contributed by atoms with Crippen molar-refractivity contribution in [1.82, 2.24) is 5.32 Å². The topological polar surface area (TPSA) is 12.0 Å². The van der Waals surface area contributed by atoms with E-state index in [2.05, 4.69) is 5.32 Å². The van der Waals surface area contributed by atoms with E-state index in [9.17, 15) is 13.2 Å². The molecule has 0 aliphatic rings. The van der Waals surface area contributed by atoms with Crippen LogP contribution in [0.5, 0.6) is 0 Å². The third kappa shape index (κ3) is 4.18. The van der Waals surface area contributed by atoms with Gasteiger partial charge in [0, 0.05) is 0 Å². The Kier molecular flexibility index (Phi) is 4.96. The van der Waals surface area contributed by atoms with E-state index in [4.69, 9.17) is 0 Å². The molecule has 1 N–H and O–H groups in total. The zero-order valence-electron chi connectivity index (χ0n) is 10.8. The van der Waals surface area contributed by atoms with Crippen molar-refractivity contribution < 1.29 is 13.2 Å². The zero-order chi connectivity index (χ0) is 13.8. The summed E-state index contributed by atoms with van der Waals surface area (Å²) in [6, 6.07) is 5.25. The number of likely N-dealkylation sites (N-methyl/N-ethyl adjacent to an activating group) is 1. The molecule has 100 valence electrons. The molecule has 1 aromatic carbocycles. The van der Waals surface area contributed by atoms with Crippen molar-refractivity contribution in [3.63, 3.8) is 0 Å². The lowest BCUT2D eigenvalue weighted by atomic mass is 10.0. The van der Waals surface area contributed by atoms with Gasteiger partial charge in [0.25, 0.3) is 0 Å². The predicted molar refractivity (Wildman–Crippen MR) is 67.3 cm³/mol. The van der Waals surface area contributed by atoms with Gasteiger partial charge in [0.15, 0.2) is 0 Å². The Bertz CT molecular complexity index is 400. The summed E-state index contributed by atoms with van der Waals surface area (Å²) in [6.07, 6.45) is -2.27. The van der Waals surface area contributed by atoms with Gasteiger partial charge in [0.05, 0.1) is 11.6 Å². The number of hydrogen-bond donors (Lipinski definition) is 1. The van der Waals surface area contributed by atoms with E-state index in [1.165, 1.54) is 12.1 Å². The highest BCUT2D eigenvalue weighted by atomic mass is 19.4. The van der Waals surface area contributed by atoms with Gasteiger partial charge in [-0.2, -0.15) is 13.2 Å². The number of allylic oxidation sites excluding steroid dienone is 1. The maximum absolute atomic E-state index is 12.5. The van der Waals surface area contributed by atoms with Gasteiger partial charge in [-0.1, -0.05) is 30.7 Å². The number of rotatable bonds is 4. The fourth-order valence-electron chi connectivity index (χ4n) is 1.71. The van der Waals surface area contributed by atoms with Crippen LogP contribution in [0, 0.1) is 0 Å². The Morgan fingerprint density at radius 3 is 2.17 bits per heavy atom. The summed E-state index contributed by atoms with van der Waals surface area (Å²) in [6.45, 7) is 6.66. The van der Waals surface area contributed by atoms with Crippen molar-refractivity contribution in [2.45, 2.75) is 33.0 Å². The van der Waals surface area contributed by atoms with Crippen LogP contribution in [0.15, 0.2) is 35.9 Å². The van der Waals surface area contributed by atoms with Gasteiger partial charge >= 0.3 is 6.18 Å². The maximum Gasteiger partial charge on any atom is 0.416 e. The van der Waals surface area contributed by atoms with Crippen LogP contribution >= 0.6 is 0 Å². The minimum Gasteiger partial charge on any atom is -0.307 e. The quantitative estimate of drug-likeness (QED) is 0.792. The highest BCUT2D eigenvalue weighted by Crippen LogP contribution is 2.30. The summed E-state index contributed by atoms with van der Waals surface area (Å²) in [5.74, 6) is 0. The lowest BCUT2D eigenvalue weighted by molar-refractivity contribution is -0.137. The van der Waals surface area contributed by atoms with Crippen LogP contribution in [-0.4, -0.2) is 6.54 Å². The molecular formula is C14H18F3N. The first-order chi connectivity index (χ1) is 8.34. The Labute approximate surface area is 106 Å². The van der Waals surface area contributed by atoms with Crippen LogP contribution in [-0.2, 0) is 6.18 Å². The Morgan fingerprint density at radius 1 is 1.22 bits per heavy atom. The van der Waals surface area contributed by atoms with Crippen molar-refractivity contribution >= 4 is 0 Å². The molecule has 0 radical (unpaired) electrons. The maximum atomic E-state index is 12.5. The molecule has 4 heteroatoms. The number of nitrogens with one attached hydrogen (secondary N) is 1. The molecule has 0 heterocycles. The Balaban J connectivity index is 2.97. The Hall–Kier alpha value is -1.29. The van der Waals surface area contributed by atoms with Gasteiger partial charge in [-0.05, 0) is 38.1 Å². The number of alkyl halides is 3. The second kappa shape index (κ2) is 6.05. The summed E-state index contributed by atoms with van der Waals surface area (Å²) < 4.78 is 37.4. The molecule has 0 aromatic heterocycles. The van der Waals surface area contributed by atoms with E-state index in [-0.39, 0.29) is 6.04 Å². The lowest BCUT2D eigenvalue weighted by Gasteiger charge is -2.16. The van der Waals surface area contributed by atoms with Crippen LogP contribution in [0.2, 0.25) is 0 Å². The minimum absolute atomic E-state index is 0.0396. The molecule has 18 heavy (non-hydrogen) atoms. The van der Waals surface area contributed by atoms with Gasteiger partial charge in [-0.3, -0.25) is 0 Å². The number of benzene rings is 1. The standard InChI is InChI=1S/C14H18F3N/c1-4-18-13(9-10(2)3)11-5-7-12(8-6-11)14(15,16)17/h5-9,13,18H,4H2,1-3H3. The van der Waals surface area contributed by atoms with E-state index < -0.39 is 11.7 Å². The van der Waals surface area contributed by atoms with Gasteiger partial charge in [-0.15, -0.1) is 0 Å². The summed E-state index contributed by atoms with van der Waals surface area (Å²) >= 11 is 0. The average Bonchev–Trinajstić information content (AvgIpc) is 2.27. The Morgan fingerprint density at radius 2 is 1.78 bits per heavy atom. The van der Waals surface area contributed by atoms with Gasteiger partial charge in [-0.25, -0.2) is 0 Å². The van der Waals surface area contributed by atoms with Crippen molar-refractivity contribution in [2.24, 2.45) is 0 Å². The molecule has 0 bridgehead atoms. The van der Waals surface area contributed by atoms with Crippen molar-refractivity contribution in [1.29, 1.82) is 0 Å². The second-order valence-electron chi connectivity index (χ2n) is 4.40. The molecule has 0 fully saturated rings. The normalized spacial score (nSPS) is 13.2. The first-order valence-electron chi connectivity index (χ1n) is 5.90. The van der Waals surface area contributed by atoms with Crippen molar-refractivity contribution in [3.05, 3.63) is 47.0 Å². The largest absolute Gasteiger partial charge is 0.416 e. The highest BCUT2D eigenvalue weighted by molar-refractivity contribution is 5.29. The fraction of sp³-hybridized carbons (Fsp3) is 0.429. The monoisotopic (exact) mass is 257 g/mol. The lowest BCUT2D eigenvalue weighted by Crippen LogP contribution is -2.19. The molecule has 1 unspecified atom stereocenters. The molecule has 0 spiro atoms. The molecule has 1 rings (SSSR count). The third-order valence-electron chi connectivity index (χ3n) is 2.52. The van der Waals surface area contributed by atoms with E-state index in [0.29, 0.717) is 0 Å². The smallest absolute Gasteiger partial charge is 0.307 e. The fourth-order valence-corrected chi connectivity index (χ4v) is 1.71. The molecule has 1 nitrogen and oxygen atoms in total. The molecule has 0 amide bonds. The molecule has 0 saturated carbocycles. The molecular weight excluding hydrogens is 239 g/mol. The van der Waals surface area contributed by atoms with Crippen LogP contribution in [0.25, 0.3) is 0 Å². The third-order valence-corrected chi connectivity index (χ3v) is 2.52. The molecule has 0 saturated heterocycles. The number of hydrogen-bond acceptors (Lipinski definition) is 1. The molecule has 0 aliphatic heterocycles. The first-order valence-corrected chi connectivity index (χ1v) is 5.90. The molecule has 1 atom stereocenters. The van der Waals surface area contributed by atoms with E-state index >= 15 is 0 Å². The average molecular weight is 257 g/mol. The molecule has 1 aromatic rings. The minimum atomic E-state index is -4.28. The van der Waals surface area contributed by atoms with E-state index in [0.717, 1.165) is 29.8 Å². The summed E-state index contributed by atoms with van der Waals surface area (Å²) in [7, 11) is 0. The predicted octanol–water partition coefficient (Wildman–Crippen LogP) is 4.32. The summed E-state index contributed by atoms with van der Waals surface area (Å²) in [5, 5.41) is 3.23. The summed E-state index contributed by atoms with van der Waals surface area (Å²) in [4.78, 5) is 0. The molecule has 0 aliphatic carbocycles. The van der Waals surface area contributed by atoms with Gasteiger partial charge in [0.1, 0.15) is 0 Å². The van der Waals surface area contributed by atoms with Crippen LogP contribution < -0.4 is 5.32 Å². The second-order valence-corrected chi connectivity index (χ2v) is 4.40. The summed E-state index contributed by atoms with van der Waals surface area (Å²) in [5.41, 5.74) is 1.35. The van der Waals surface area contributed by atoms with Crippen LogP contribution in [0.3, 0.4) is 0 Å². The van der Waals surface area contributed by atoms with Crippen LogP contribution in [0.1, 0.15) is 37.9 Å². The van der Waals surface area contributed by atoms with E-state index in [1.54, 1.807) is 0 Å².